The average Bonchev–Trinajstić information content (AvgIpc) is 2.85. The lowest BCUT2D eigenvalue weighted by molar-refractivity contribution is -0.133. The second-order valence-corrected chi connectivity index (χ2v) is 6.28. The zero-order valence-corrected chi connectivity index (χ0v) is 13.2. The molecule has 1 aliphatic rings. The molecule has 114 valence electrons. The number of hydrogen-bond donors (Lipinski definition) is 0. The van der Waals surface area contributed by atoms with Crippen molar-refractivity contribution in [1.29, 1.82) is 5.26 Å². The highest BCUT2D eigenvalue weighted by Crippen LogP contribution is 2.23. The van der Waals surface area contributed by atoms with Crippen LogP contribution in [0, 0.1) is 17.2 Å². The van der Waals surface area contributed by atoms with Crippen molar-refractivity contribution < 1.29 is 4.79 Å². The lowest BCUT2D eigenvalue weighted by Crippen LogP contribution is -2.39. The summed E-state index contributed by atoms with van der Waals surface area (Å²) in [5, 5.41) is 14.7. The van der Waals surface area contributed by atoms with E-state index in [0.717, 1.165) is 31.4 Å². The molecule has 0 aliphatic carbocycles. The van der Waals surface area contributed by atoms with E-state index in [1.54, 1.807) is 22.9 Å². The Labute approximate surface area is 134 Å². The Morgan fingerprint density at radius 2 is 2.18 bits per heavy atom. The van der Waals surface area contributed by atoms with E-state index in [1.165, 1.54) is 0 Å². The minimum atomic E-state index is 0.0516. The van der Waals surface area contributed by atoms with Gasteiger partial charge in [0.05, 0.1) is 5.52 Å². The Kier molecular flexibility index (Phi) is 4.04. The number of hydrogen-bond acceptors (Lipinski definition) is 3. The van der Waals surface area contributed by atoms with Crippen LogP contribution in [0.4, 0.5) is 0 Å². The average molecular weight is 317 g/mol. The fourth-order valence-corrected chi connectivity index (χ4v) is 3.01. The third kappa shape index (κ3) is 2.79. The number of rotatable bonds is 2. The molecule has 0 bridgehead atoms. The highest BCUT2D eigenvalue weighted by atomic mass is 35.5. The van der Waals surface area contributed by atoms with Crippen LogP contribution >= 0.6 is 11.6 Å². The van der Waals surface area contributed by atoms with Crippen LogP contribution in [0.25, 0.3) is 10.9 Å². The Hall–Kier alpha value is -2.06. The van der Waals surface area contributed by atoms with Gasteiger partial charge in [-0.05, 0) is 37.0 Å². The highest BCUT2D eigenvalue weighted by molar-refractivity contribution is 6.31. The maximum atomic E-state index is 12.4. The van der Waals surface area contributed by atoms with Crippen molar-refractivity contribution in [2.45, 2.75) is 26.3 Å². The Bertz CT molecular complexity index is 753. The monoisotopic (exact) mass is 316 g/mol. The number of likely N-dealkylation sites (tertiary alicyclic amines) is 1. The molecule has 6 heteroatoms. The van der Waals surface area contributed by atoms with Gasteiger partial charge in [0.15, 0.2) is 5.69 Å². The summed E-state index contributed by atoms with van der Waals surface area (Å²) >= 11 is 5.98. The van der Waals surface area contributed by atoms with Gasteiger partial charge in [-0.15, -0.1) is 0 Å². The van der Waals surface area contributed by atoms with Crippen LogP contribution in [0.5, 0.6) is 0 Å². The molecular formula is C16H17ClN4O. The number of halogens is 1. The van der Waals surface area contributed by atoms with E-state index in [-0.39, 0.29) is 12.5 Å². The second kappa shape index (κ2) is 5.98. The second-order valence-electron chi connectivity index (χ2n) is 5.84. The van der Waals surface area contributed by atoms with E-state index in [0.29, 0.717) is 22.0 Å². The molecule has 0 saturated carbocycles. The summed E-state index contributed by atoms with van der Waals surface area (Å²) in [5.74, 6) is 0.734. The van der Waals surface area contributed by atoms with E-state index < -0.39 is 0 Å². The van der Waals surface area contributed by atoms with E-state index in [9.17, 15) is 10.1 Å². The third-order valence-electron chi connectivity index (χ3n) is 4.24. The van der Waals surface area contributed by atoms with Gasteiger partial charge < -0.3 is 4.90 Å². The van der Waals surface area contributed by atoms with Crippen LogP contribution in [0.15, 0.2) is 18.2 Å². The summed E-state index contributed by atoms with van der Waals surface area (Å²) in [5.41, 5.74) is 1.07. The van der Waals surface area contributed by atoms with Gasteiger partial charge in [0.1, 0.15) is 12.6 Å². The summed E-state index contributed by atoms with van der Waals surface area (Å²) in [7, 11) is 0. The number of amides is 1. The summed E-state index contributed by atoms with van der Waals surface area (Å²) < 4.78 is 1.60. The Balaban J connectivity index is 1.85. The smallest absolute Gasteiger partial charge is 0.244 e. The van der Waals surface area contributed by atoms with Crippen molar-refractivity contribution in [3.05, 3.63) is 28.9 Å². The number of nitrogens with zero attached hydrogens (tertiary/aromatic N) is 4. The zero-order valence-electron chi connectivity index (χ0n) is 12.4. The van der Waals surface area contributed by atoms with Gasteiger partial charge in [0, 0.05) is 23.5 Å². The lowest BCUT2D eigenvalue weighted by Gasteiger charge is -2.30. The van der Waals surface area contributed by atoms with Gasteiger partial charge >= 0.3 is 0 Å². The minimum Gasteiger partial charge on any atom is -0.341 e. The highest BCUT2D eigenvalue weighted by Gasteiger charge is 2.21. The van der Waals surface area contributed by atoms with Gasteiger partial charge in [-0.1, -0.05) is 18.5 Å². The molecule has 2 heterocycles. The zero-order chi connectivity index (χ0) is 15.7. The van der Waals surface area contributed by atoms with Crippen molar-refractivity contribution >= 4 is 28.4 Å². The predicted octanol–water partition coefficient (Wildman–Crippen LogP) is 2.82. The topological polar surface area (TPSA) is 61.9 Å². The molecule has 1 aromatic heterocycles. The number of carbonyl (C=O) groups excluding carboxylic acids is 1. The molecule has 0 radical (unpaired) electrons. The van der Waals surface area contributed by atoms with Gasteiger partial charge in [0.25, 0.3) is 0 Å². The van der Waals surface area contributed by atoms with Crippen LogP contribution in [-0.2, 0) is 11.3 Å². The molecule has 1 fully saturated rings. The van der Waals surface area contributed by atoms with E-state index in [4.69, 9.17) is 11.6 Å². The quantitative estimate of drug-likeness (QED) is 0.856. The molecule has 1 saturated heterocycles. The van der Waals surface area contributed by atoms with Crippen molar-refractivity contribution in [2.24, 2.45) is 5.92 Å². The molecule has 0 spiro atoms. The van der Waals surface area contributed by atoms with Gasteiger partial charge in [-0.2, -0.15) is 10.4 Å². The number of nitriles is 1. The summed E-state index contributed by atoms with van der Waals surface area (Å²) in [6, 6.07) is 7.32. The fraction of sp³-hybridized carbons (Fsp3) is 0.438. The van der Waals surface area contributed by atoms with Crippen molar-refractivity contribution in [2.75, 3.05) is 13.1 Å². The molecule has 0 unspecified atom stereocenters. The SMILES string of the molecule is CC1CCN(C(=O)Cn2nc(C#N)c3cc(Cl)ccc32)CC1. The largest absolute Gasteiger partial charge is 0.341 e. The molecule has 1 aromatic carbocycles. The number of aromatic nitrogens is 2. The molecule has 1 aliphatic heterocycles. The number of piperidine rings is 1. The van der Waals surface area contributed by atoms with Crippen LogP contribution in [0.2, 0.25) is 5.02 Å². The minimum absolute atomic E-state index is 0.0516. The summed E-state index contributed by atoms with van der Waals surface area (Å²) in [6.45, 7) is 3.98. The van der Waals surface area contributed by atoms with Gasteiger partial charge in [-0.25, -0.2) is 0 Å². The van der Waals surface area contributed by atoms with Gasteiger partial charge in [0.2, 0.25) is 5.91 Å². The first kappa shape index (κ1) is 14.9. The Morgan fingerprint density at radius 3 is 2.86 bits per heavy atom. The van der Waals surface area contributed by atoms with Crippen molar-refractivity contribution in [3.63, 3.8) is 0 Å². The standard InChI is InChI=1S/C16H17ClN4O/c1-11-4-6-20(7-5-11)16(22)10-21-15-3-2-12(17)8-13(15)14(9-18)19-21/h2-3,8,11H,4-7,10H2,1H3. The molecule has 0 N–H and O–H groups in total. The first-order chi connectivity index (χ1) is 10.6. The molecule has 0 atom stereocenters. The van der Waals surface area contributed by atoms with Crippen LogP contribution in [0.3, 0.4) is 0 Å². The van der Waals surface area contributed by atoms with E-state index in [1.807, 2.05) is 4.90 Å². The molecule has 2 aromatic rings. The normalized spacial score (nSPS) is 16.0. The molecule has 1 amide bonds. The molecular weight excluding hydrogens is 300 g/mol. The number of benzene rings is 1. The van der Waals surface area contributed by atoms with E-state index >= 15 is 0 Å². The maximum Gasteiger partial charge on any atom is 0.244 e. The first-order valence-electron chi connectivity index (χ1n) is 7.42. The van der Waals surface area contributed by atoms with Crippen LogP contribution < -0.4 is 0 Å². The number of carbonyl (C=O) groups is 1. The molecule has 22 heavy (non-hydrogen) atoms. The lowest BCUT2D eigenvalue weighted by atomic mass is 9.99. The van der Waals surface area contributed by atoms with Crippen LogP contribution in [-0.4, -0.2) is 33.7 Å². The number of fused-ring (bicyclic) bond motifs is 1. The first-order valence-corrected chi connectivity index (χ1v) is 7.80. The Morgan fingerprint density at radius 1 is 1.45 bits per heavy atom. The van der Waals surface area contributed by atoms with Crippen LogP contribution in [0.1, 0.15) is 25.5 Å². The fourth-order valence-electron chi connectivity index (χ4n) is 2.84. The summed E-state index contributed by atoms with van der Waals surface area (Å²) in [4.78, 5) is 14.3. The van der Waals surface area contributed by atoms with Crippen molar-refractivity contribution in [3.8, 4) is 6.07 Å². The van der Waals surface area contributed by atoms with E-state index in [2.05, 4.69) is 18.1 Å². The predicted molar refractivity (Wildman–Crippen MR) is 84.4 cm³/mol. The third-order valence-corrected chi connectivity index (χ3v) is 4.47. The summed E-state index contributed by atoms with van der Waals surface area (Å²) in [6.07, 6.45) is 2.09. The molecule has 5 nitrogen and oxygen atoms in total. The van der Waals surface area contributed by atoms with Crippen molar-refractivity contribution in [1.82, 2.24) is 14.7 Å². The van der Waals surface area contributed by atoms with Gasteiger partial charge in [-0.3, -0.25) is 9.48 Å². The molecule has 3 rings (SSSR count). The maximum absolute atomic E-state index is 12.4.